The van der Waals surface area contributed by atoms with Gasteiger partial charge in [0.05, 0.1) is 23.7 Å². The highest BCUT2D eigenvalue weighted by Gasteiger charge is 2.69. The number of ether oxygens (including phenoxy) is 2. The highest BCUT2D eigenvalue weighted by molar-refractivity contribution is 9.10. The predicted octanol–water partition coefficient (Wildman–Crippen LogP) is 2.52. The Balaban J connectivity index is 1.31. The van der Waals surface area contributed by atoms with Crippen molar-refractivity contribution in [3.63, 3.8) is 0 Å². The summed E-state index contributed by atoms with van der Waals surface area (Å²) in [5, 5.41) is 25.4. The lowest BCUT2D eigenvalue weighted by Crippen LogP contribution is -2.70. The largest absolute Gasteiger partial charge is 0.465 e. The summed E-state index contributed by atoms with van der Waals surface area (Å²) >= 11 is 4.65. The fourth-order valence-electron chi connectivity index (χ4n) is 4.53. The summed E-state index contributed by atoms with van der Waals surface area (Å²) in [6.45, 7) is 1.67. The van der Waals surface area contributed by atoms with Crippen molar-refractivity contribution in [3.05, 3.63) is 68.5 Å². The van der Waals surface area contributed by atoms with Crippen molar-refractivity contribution in [2.45, 2.75) is 42.4 Å². The zero-order chi connectivity index (χ0) is 28.1. The van der Waals surface area contributed by atoms with Crippen LogP contribution in [0.5, 0.6) is 0 Å². The van der Waals surface area contributed by atoms with Crippen molar-refractivity contribution in [1.82, 2.24) is 19.6 Å². The van der Waals surface area contributed by atoms with Crippen LogP contribution in [-0.2, 0) is 43.6 Å². The summed E-state index contributed by atoms with van der Waals surface area (Å²) < 4.78 is 11.1. The first-order valence-corrected chi connectivity index (χ1v) is 13.2. The van der Waals surface area contributed by atoms with Crippen molar-refractivity contribution in [2.75, 3.05) is 6.54 Å². The smallest absolute Gasteiger partial charge is 0.407 e. The Morgan fingerprint density at radius 1 is 1.31 bits per heavy atom. The van der Waals surface area contributed by atoms with E-state index in [0.29, 0.717) is 17.8 Å². The zero-order valence-electron chi connectivity index (χ0n) is 20.2. The van der Waals surface area contributed by atoms with Gasteiger partial charge in [-0.05, 0) is 23.8 Å². The minimum Gasteiger partial charge on any atom is -0.465 e. The molecule has 0 bridgehead atoms. The average Bonchev–Trinajstić information content (AvgIpc) is 3.52. The Bertz CT molecular complexity index is 1430. The van der Waals surface area contributed by atoms with E-state index in [4.69, 9.17) is 9.47 Å². The van der Waals surface area contributed by atoms with Crippen LogP contribution in [-0.4, -0.2) is 69.8 Å². The summed E-state index contributed by atoms with van der Waals surface area (Å²) in [4.78, 5) is 62.4. The number of fused-ring (bicyclic) bond motifs is 2. The van der Waals surface area contributed by atoms with Gasteiger partial charge in [-0.3, -0.25) is 29.3 Å². The fourth-order valence-corrected chi connectivity index (χ4v) is 6.80. The molecule has 0 saturated carbocycles. The normalized spacial score (nSPS) is 22.3. The van der Waals surface area contributed by atoms with Gasteiger partial charge in [0, 0.05) is 31.0 Å². The number of non-ortho nitro benzene ring substituents is 1. The third kappa shape index (κ3) is 4.63. The molecule has 1 saturated heterocycles. The monoisotopic (exact) mass is 621 g/mol. The number of halogens is 1. The molecule has 1 aromatic carbocycles. The number of benzene rings is 1. The van der Waals surface area contributed by atoms with Gasteiger partial charge in [-0.15, -0.1) is 11.8 Å². The highest BCUT2D eigenvalue weighted by Crippen LogP contribution is 2.58. The van der Waals surface area contributed by atoms with Crippen molar-refractivity contribution in [3.8, 4) is 0 Å². The lowest BCUT2D eigenvalue weighted by atomic mass is 9.88. The van der Waals surface area contributed by atoms with Crippen LogP contribution < -0.4 is 0 Å². The number of nitro benzene ring substituents is 1. The van der Waals surface area contributed by atoms with Crippen LogP contribution in [0.25, 0.3) is 0 Å². The molecule has 39 heavy (non-hydrogen) atoms. The van der Waals surface area contributed by atoms with Crippen molar-refractivity contribution in [1.29, 1.82) is 0 Å². The Morgan fingerprint density at radius 3 is 2.67 bits per heavy atom. The number of carboxylic acid groups (broad SMARTS) is 1. The summed E-state index contributed by atoms with van der Waals surface area (Å²) in [6.07, 6.45) is -2.22. The van der Waals surface area contributed by atoms with Gasteiger partial charge in [0.2, 0.25) is 0 Å². The predicted molar refractivity (Wildman–Crippen MR) is 136 cm³/mol. The van der Waals surface area contributed by atoms with Crippen molar-refractivity contribution < 1.29 is 38.7 Å². The van der Waals surface area contributed by atoms with Crippen LogP contribution in [0.15, 0.2) is 41.4 Å². The molecule has 2 unspecified atom stereocenters. The number of hydrogen-bond acceptors (Lipinski definition) is 10. The van der Waals surface area contributed by atoms with Gasteiger partial charge in [0.15, 0.2) is 10.4 Å². The summed E-state index contributed by atoms with van der Waals surface area (Å²) in [6, 6.07) is 7.13. The van der Waals surface area contributed by atoms with Crippen LogP contribution in [0.3, 0.4) is 0 Å². The molecule has 2 aromatic rings. The molecule has 2 amide bonds. The molecule has 5 rings (SSSR count). The van der Waals surface area contributed by atoms with E-state index in [0.717, 1.165) is 11.8 Å². The van der Waals surface area contributed by atoms with E-state index in [1.54, 1.807) is 10.7 Å². The summed E-state index contributed by atoms with van der Waals surface area (Å²) in [5.74, 6) is -1.95. The zero-order valence-corrected chi connectivity index (χ0v) is 22.6. The number of hydrogen-bond donors (Lipinski definition) is 1. The molecule has 3 atom stereocenters. The SMILES string of the molecule is CC(=O)OC(c1cc2n(n1)CCN(C(=O)O)C2)C1(Br)C(=O)N2C(C(=O)OCc3ccc([N+](=O)[O-])cc3)=CS[C@@H]21. The van der Waals surface area contributed by atoms with Crippen LogP contribution in [0.1, 0.15) is 30.0 Å². The van der Waals surface area contributed by atoms with Crippen molar-refractivity contribution in [2.24, 2.45) is 0 Å². The number of carbonyl (C=O) groups excluding carboxylic acids is 3. The van der Waals surface area contributed by atoms with E-state index >= 15 is 0 Å². The van der Waals surface area contributed by atoms with Gasteiger partial charge < -0.3 is 19.5 Å². The Kier molecular flexibility index (Phi) is 6.84. The Labute approximate surface area is 232 Å². The number of nitro groups is 1. The first kappa shape index (κ1) is 26.7. The van der Waals surface area contributed by atoms with E-state index in [2.05, 4.69) is 21.0 Å². The standard InChI is InChI=1S/C23H20BrN5O9S/c1-12(30)38-18(16-8-15-9-26(22(33)34)6-7-27(15)25-16)23(24)20(32)28-17(11-39-21(23)28)19(31)37-10-13-2-4-14(5-3-13)29(35)36/h2-5,8,11,18,21H,6-7,9-10H2,1H3,(H,33,34)/t18?,21-,23?/m1/s1. The number of β-lactam (4-membered cyclic amide) rings is 1. The maximum absolute atomic E-state index is 13.5. The molecular formula is C23H20BrN5O9S. The van der Waals surface area contributed by atoms with E-state index in [1.807, 2.05) is 0 Å². The van der Waals surface area contributed by atoms with E-state index < -0.39 is 44.7 Å². The van der Waals surface area contributed by atoms with Crippen LogP contribution >= 0.6 is 27.7 Å². The number of carbonyl (C=O) groups is 4. The number of aromatic nitrogens is 2. The summed E-state index contributed by atoms with van der Waals surface area (Å²) in [5.41, 5.74) is 1.30. The van der Waals surface area contributed by atoms with E-state index in [-0.39, 0.29) is 36.8 Å². The topological polar surface area (TPSA) is 174 Å². The maximum Gasteiger partial charge on any atom is 0.407 e. The lowest BCUT2D eigenvalue weighted by molar-refractivity contribution is -0.384. The fraction of sp³-hybridized carbons (Fsp3) is 0.348. The first-order chi connectivity index (χ1) is 18.5. The minimum absolute atomic E-state index is 0.00907. The minimum atomic E-state index is -1.45. The molecule has 204 valence electrons. The maximum atomic E-state index is 13.5. The molecule has 1 fully saturated rings. The highest BCUT2D eigenvalue weighted by atomic mass is 79.9. The molecule has 0 aliphatic carbocycles. The first-order valence-electron chi connectivity index (χ1n) is 11.5. The molecule has 0 spiro atoms. The van der Waals surface area contributed by atoms with Gasteiger partial charge in [-0.1, -0.05) is 15.9 Å². The molecule has 3 aliphatic rings. The average molecular weight is 622 g/mol. The molecule has 1 aromatic heterocycles. The third-order valence-corrected chi connectivity index (χ3v) is 9.15. The van der Waals surface area contributed by atoms with E-state index in [9.17, 15) is 34.4 Å². The number of rotatable bonds is 7. The van der Waals surface area contributed by atoms with Crippen molar-refractivity contribution >= 4 is 57.3 Å². The van der Waals surface area contributed by atoms with Crippen LogP contribution in [0, 0.1) is 10.1 Å². The number of alkyl halides is 1. The summed E-state index contributed by atoms with van der Waals surface area (Å²) in [7, 11) is 0. The van der Waals surface area contributed by atoms with E-state index in [1.165, 1.54) is 46.4 Å². The molecule has 3 aliphatic heterocycles. The molecule has 0 radical (unpaired) electrons. The van der Waals surface area contributed by atoms with Crippen LogP contribution in [0.2, 0.25) is 0 Å². The van der Waals surface area contributed by atoms with Gasteiger partial charge >= 0.3 is 18.0 Å². The third-order valence-electron chi connectivity index (χ3n) is 6.46. The van der Waals surface area contributed by atoms with Crippen LogP contribution in [0.4, 0.5) is 10.5 Å². The number of esters is 2. The van der Waals surface area contributed by atoms with Gasteiger partial charge in [0.25, 0.3) is 11.6 Å². The second-order valence-corrected chi connectivity index (χ2v) is 11.2. The molecule has 14 nitrogen and oxygen atoms in total. The number of thioether (sulfide) groups is 1. The van der Waals surface area contributed by atoms with Gasteiger partial charge in [0.1, 0.15) is 23.4 Å². The molecule has 4 heterocycles. The molecular weight excluding hydrogens is 602 g/mol. The second kappa shape index (κ2) is 10.00. The lowest BCUT2D eigenvalue weighted by Gasteiger charge is -2.51. The number of nitrogens with zero attached hydrogens (tertiary/aromatic N) is 5. The molecule has 16 heteroatoms. The second-order valence-electron chi connectivity index (χ2n) is 8.91. The quantitative estimate of drug-likeness (QED) is 0.158. The Morgan fingerprint density at radius 2 is 2.03 bits per heavy atom. The van der Waals surface area contributed by atoms with Gasteiger partial charge in [-0.25, -0.2) is 9.59 Å². The number of amides is 2. The molecule has 1 N–H and O–H groups in total. The Hall–Kier alpha value is -3.92. The van der Waals surface area contributed by atoms with Gasteiger partial charge in [-0.2, -0.15) is 5.10 Å².